The van der Waals surface area contributed by atoms with E-state index in [0.29, 0.717) is 0 Å². The van der Waals surface area contributed by atoms with Gasteiger partial charge in [0.25, 0.3) is 0 Å². The van der Waals surface area contributed by atoms with E-state index in [0.717, 1.165) is 6.42 Å². The number of nitrogens with one attached hydrogen (secondary N) is 1. The fourth-order valence-corrected chi connectivity index (χ4v) is 0.308. The minimum absolute atomic E-state index is 0.0353. The molecule has 0 aromatic carbocycles. The monoisotopic (exact) mass is 113 g/mol. The molecule has 1 N–H and O–H groups in total. The molecule has 0 saturated heterocycles. The molecule has 0 aliphatic heterocycles. The molecule has 2 heteroatoms. The van der Waals surface area contributed by atoms with Gasteiger partial charge in [-0.15, -0.1) is 0 Å². The van der Waals surface area contributed by atoms with E-state index in [-0.39, 0.29) is 5.91 Å². The summed E-state index contributed by atoms with van der Waals surface area (Å²) in [5.41, 5.74) is 0. The molecule has 46 valence electrons. The predicted octanol–water partition coefficient (Wildman–Crippen LogP) is 0.699. The number of allylic oxidation sites excluding steroid dienone is 1. The number of amides is 1. The summed E-state index contributed by atoms with van der Waals surface area (Å²) in [5.74, 6) is -0.0353. The molecular weight excluding hydrogens is 102 g/mol. The van der Waals surface area contributed by atoms with Crippen LogP contribution in [0.4, 0.5) is 0 Å². The van der Waals surface area contributed by atoms with Gasteiger partial charge in [-0.1, -0.05) is 13.0 Å². The molecule has 1 amide bonds. The zero-order chi connectivity index (χ0) is 6.41. The summed E-state index contributed by atoms with van der Waals surface area (Å²) in [7, 11) is 1.61. The minimum atomic E-state index is -0.0353. The zero-order valence-corrected chi connectivity index (χ0v) is 5.27. The number of hydrogen-bond donors (Lipinski definition) is 1. The van der Waals surface area contributed by atoms with Crippen molar-refractivity contribution in [2.45, 2.75) is 13.3 Å². The van der Waals surface area contributed by atoms with Crippen LogP contribution in [0.3, 0.4) is 0 Å². The van der Waals surface area contributed by atoms with Gasteiger partial charge in [-0.05, 0) is 12.5 Å². The fraction of sp³-hybridized carbons (Fsp3) is 0.500. The van der Waals surface area contributed by atoms with E-state index in [2.05, 4.69) is 5.32 Å². The SMILES string of the molecule is CC/C=C/C(=O)NC. The molecule has 0 bridgehead atoms. The highest BCUT2D eigenvalue weighted by atomic mass is 16.1. The zero-order valence-electron chi connectivity index (χ0n) is 5.27. The van der Waals surface area contributed by atoms with Crippen molar-refractivity contribution in [1.29, 1.82) is 0 Å². The van der Waals surface area contributed by atoms with Gasteiger partial charge >= 0.3 is 0 Å². The maximum atomic E-state index is 10.4. The van der Waals surface area contributed by atoms with E-state index in [4.69, 9.17) is 0 Å². The van der Waals surface area contributed by atoms with Crippen molar-refractivity contribution in [2.75, 3.05) is 7.05 Å². The van der Waals surface area contributed by atoms with E-state index < -0.39 is 0 Å². The molecule has 0 aromatic rings. The Balaban J connectivity index is 3.37. The Hall–Kier alpha value is -0.790. The predicted molar refractivity (Wildman–Crippen MR) is 33.5 cm³/mol. The van der Waals surface area contributed by atoms with Crippen LogP contribution in [0.2, 0.25) is 0 Å². The van der Waals surface area contributed by atoms with Gasteiger partial charge in [0.1, 0.15) is 0 Å². The lowest BCUT2D eigenvalue weighted by atomic mass is 10.4. The van der Waals surface area contributed by atoms with Gasteiger partial charge in [0.2, 0.25) is 5.91 Å². The second-order valence-corrected chi connectivity index (χ2v) is 1.42. The van der Waals surface area contributed by atoms with E-state index in [1.54, 1.807) is 7.05 Å². The maximum absolute atomic E-state index is 10.4. The molecule has 0 fully saturated rings. The molecule has 0 heterocycles. The number of rotatable bonds is 2. The first-order valence-electron chi connectivity index (χ1n) is 2.69. The Morgan fingerprint density at radius 3 is 2.75 bits per heavy atom. The standard InChI is InChI=1S/C6H11NO/c1-3-4-5-6(8)7-2/h4-5H,3H2,1-2H3,(H,7,8)/b5-4+. The van der Waals surface area contributed by atoms with E-state index in [9.17, 15) is 4.79 Å². The summed E-state index contributed by atoms with van der Waals surface area (Å²) in [4.78, 5) is 10.4. The van der Waals surface area contributed by atoms with Crippen LogP contribution >= 0.6 is 0 Å². The van der Waals surface area contributed by atoms with Crippen molar-refractivity contribution in [3.8, 4) is 0 Å². The lowest BCUT2D eigenvalue weighted by Gasteiger charge is -1.85. The van der Waals surface area contributed by atoms with Gasteiger partial charge in [0.05, 0.1) is 0 Å². The molecule has 8 heavy (non-hydrogen) atoms. The van der Waals surface area contributed by atoms with Crippen molar-refractivity contribution in [3.05, 3.63) is 12.2 Å². The third-order valence-electron chi connectivity index (χ3n) is 0.751. The highest BCUT2D eigenvalue weighted by Gasteiger charge is 1.82. The van der Waals surface area contributed by atoms with Gasteiger partial charge in [0.15, 0.2) is 0 Å². The van der Waals surface area contributed by atoms with Crippen LogP contribution in [0, 0.1) is 0 Å². The summed E-state index contributed by atoms with van der Waals surface area (Å²) in [6.45, 7) is 1.99. The molecule has 0 aliphatic carbocycles. The molecule has 0 aliphatic rings. The number of carbonyl (C=O) groups excluding carboxylic acids is 1. The highest BCUT2D eigenvalue weighted by Crippen LogP contribution is 1.77. The average Bonchev–Trinajstić information content (AvgIpc) is 1.83. The molecule has 0 unspecified atom stereocenters. The first kappa shape index (κ1) is 7.21. The molecule has 0 radical (unpaired) electrons. The second-order valence-electron chi connectivity index (χ2n) is 1.42. The topological polar surface area (TPSA) is 29.1 Å². The maximum Gasteiger partial charge on any atom is 0.243 e. The van der Waals surface area contributed by atoms with E-state index in [1.807, 2.05) is 13.0 Å². The van der Waals surface area contributed by atoms with Crippen molar-refractivity contribution in [1.82, 2.24) is 5.32 Å². The van der Waals surface area contributed by atoms with Gasteiger partial charge in [-0.3, -0.25) is 4.79 Å². The summed E-state index contributed by atoms with van der Waals surface area (Å²) in [6.07, 6.45) is 4.26. The van der Waals surface area contributed by atoms with Crippen LogP contribution in [0.15, 0.2) is 12.2 Å². The van der Waals surface area contributed by atoms with Crippen LogP contribution in [-0.2, 0) is 4.79 Å². The molecule has 0 aromatic heterocycles. The van der Waals surface area contributed by atoms with Gasteiger partial charge in [0, 0.05) is 7.05 Å². The molecular formula is C6H11NO. The highest BCUT2D eigenvalue weighted by molar-refractivity contribution is 5.87. The number of hydrogen-bond acceptors (Lipinski definition) is 1. The van der Waals surface area contributed by atoms with Gasteiger partial charge in [-0.2, -0.15) is 0 Å². The van der Waals surface area contributed by atoms with Crippen molar-refractivity contribution >= 4 is 5.91 Å². The summed E-state index contributed by atoms with van der Waals surface area (Å²) in [6, 6.07) is 0. The van der Waals surface area contributed by atoms with Crippen LogP contribution < -0.4 is 5.32 Å². The minimum Gasteiger partial charge on any atom is -0.356 e. The molecule has 2 nitrogen and oxygen atoms in total. The lowest BCUT2D eigenvalue weighted by molar-refractivity contribution is -0.116. The Morgan fingerprint density at radius 2 is 2.38 bits per heavy atom. The van der Waals surface area contributed by atoms with E-state index >= 15 is 0 Å². The lowest BCUT2D eigenvalue weighted by Crippen LogP contribution is -2.13. The Morgan fingerprint density at radius 1 is 1.75 bits per heavy atom. The Kier molecular flexibility index (Phi) is 3.94. The third-order valence-corrected chi connectivity index (χ3v) is 0.751. The fourth-order valence-electron chi connectivity index (χ4n) is 0.308. The second kappa shape index (κ2) is 4.37. The summed E-state index contributed by atoms with van der Waals surface area (Å²) in [5, 5.41) is 2.47. The smallest absolute Gasteiger partial charge is 0.243 e. The average molecular weight is 113 g/mol. The normalized spacial score (nSPS) is 9.75. The van der Waals surface area contributed by atoms with Crippen LogP contribution in [0.5, 0.6) is 0 Å². The largest absolute Gasteiger partial charge is 0.356 e. The first-order valence-corrected chi connectivity index (χ1v) is 2.69. The third kappa shape index (κ3) is 3.40. The molecule has 0 rings (SSSR count). The Bertz CT molecular complexity index is 96.7. The van der Waals surface area contributed by atoms with Crippen molar-refractivity contribution in [3.63, 3.8) is 0 Å². The molecule has 0 spiro atoms. The molecule has 0 atom stereocenters. The van der Waals surface area contributed by atoms with Crippen LogP contribution in [-0.4, -0.2) is 13.0 Å². The first-order chi connectivity index (χ1) is 3.81. The van der Waals surface area contributed by atoms with Gasteiger partial charge in [-0.25, -0.2) is 0 Å². The summed E-state index contributed by atoms with van der Waals surface area (Å²) < 4.78 is 0. The number of likely N-dealkylation sites (N-methyl/N-ethyl adjacent to an activating group) is 1. The quantitative estimate of drug-likeness (QED) is 0.525. The molecule has 0 saturated carbocycles. The number of carbonyl (C=O) groups is 1. The summed E-state index contributed by atoms with van der Waals surface area (Å²) >= 11 is 0. The van der Waals surface area contributed by atoms with Crippen molar-refractivity contribution in [2.24, 2.45) is 0 Å². The van der Waals surface area contributed by atoms with Gasteiger partial charge < -0.3 is 5.32 Å². The van der Waals surface area contributed by atoms with Crippen LogP contribution in [0.25, 0.3) is 0 Å². The van der Waals surface area contributed by atoms with Crippen LogP contribution in [0.1, 0.15) is 13.3 Å². The van der Waals surface area contributed by atoms with Crippen molar-refractivity contribution < 1.29 is 4.79 Å². The Labute approximate surface area is 49.6 Å². The van der Waals surface area contributed by atoms with E-state index in [1.165, 1.54) is 6.08 Å².